The molecule has 0 amide bonds. The van der Waals surface area contributed by atoms with E-state index in [0.29, 0.717) is 0 Å². The van der Waals surface area contributed by atoms with E-state index < -0.39 is 0 Å². The van der Waals surface area contributed by atoms with Crippen molar-refractivity contribution in [2.45, 2.75) is 0 Å². The lowest BCUT2D eigenvalue weighted by atomic mass is 9.82. The normalized spacial score (nSPS) is 11.8. The largest absolute Gasteiger partial charge is 0.0622 e. The van der Waals surface area contributed by atoms with Crippen molar-refractivity contribution in [3.8, 4) is 44.5 Å². The van der Waals surface area contributed by atoms with Crippen LogP contribution in [0.4, 0.5) is 0 Å². The van der Waals surface area contributed by atoms with Crippen molar-refractivity contribution in [2.75, 3.05) is 0 Å². The van der Waals surface area contributed by atoms with Crippen molar-refractivity contribution >= 4 is 64.6 Å². The van der Waals surface area contributed by atoms with Gasteiger partial charge in [-0.3, -0.25) is 0 Å². The van der Waals surface area contributed by atoms with E-state index in [2.05, 4.69) is 194 Å². The molecule has 0 unspecified atom stereocenters. The first-order valence-corrected chi connectivity index (χ1v) is 18.1. The van der Waals surface area contributed by atoms with Gasteiger partial charge in [-0.25, -0.2) is 0 Å². The van der Waals surface area contributed by atoms with E-state index in [1.54, 1.807) is 0 Å². The molecule has 0 heteroatoms. The van der Waals surface area contributed by atoms with Crippen LogP contribution >= 0.6 is 0 Å². The van der Waals surface area contributed by atoms with Gasteiger partial charge in [0.25, 0.3) is 0 Å². The van der Waals surface area contributed by atoms with Crippen molar-refractivity contribution in [2.24, 2.45) is 0 Å². The van der Waals surface area contributed by atoms with Gasteiger partial charge in [-0.15, -0.1) is 0 Å². The average molecular weight is 657 g/mol. The topological polar surface area (TPSA) is 0 Å². The van der Waals surface area contributed by atoms with E-state index in [1.165, 1.54) is 109 Å². The van der Waals surface area contributed by atoms with Crippen molar-refractivity contribution in [3.63, 3.8) is 0 Å². The summed E-state index contributed by atoms with van der Waals surface area (Å²) in [6.07, 6.45) is 0. The second-order valence-electron chi connectivity index (χ2n) is 14.0. The molecule has 11 aromatic rings. The highest BCUT2D eigenvalue weighted by Gasteiger charge is 2.21. The molecule has 0 aromatic heterocycles. The Hall–Kier alpha value is -6.76. The van der Waals surface area contributed by atoms with Crippen molar-refractivity contribution in [3.05, 3.63) is 194 Å². The number of rotatable bonds is 4. The fourth-order valence-corrected chi connectivity index (χ4v) is 8.95. The lowest BCUT2D eigenvalue weighted by molar-refractivity contribution is 1.63. The highest BCUT2D eigenvalue weighted by atomic mass is 14.2. The predicted molar refractivity (Wildman–Crippen MR) is 224 cm³/mol. The molecule has 11 rings (SSSR count). The summed E-state index contributed by atoms with van der Waals surface area (Å²) in [5, 5.41) is 15.4. The molecule has 0 saturated carbocycles. The molecule has 0 spiro atoms. The predicted octanol–water partition coefficient (Wildman–Crippen LogP) is 14.7. The van der Waals surface area contributed by atoms with E-state index in [9.17, 15) is 0 Å². The van der Waals surface area contributed by atoms with Crippen LogP contribution in [0.1, 0.15) is 0 Å². The molecule has 0 nitrogen and oxygen atoms in total. The summed E-state index contributed by atoms with van der Waals surface area (Å²) in [5.41, 5.74) is 10.0. The molecule has 0 aliphatic heterocycles. The Balaban J connectivity index is 1.19. The van der Waals surface area contributed by atoms with E-state index in [1.807, 2.05) is 0 Å². The third-order valence-electron chi connectivity index (χ3n) is 11.2. The molecule has 240 valence electrons. The SMILES string of the molecule is c1ccc(-c2c(-c3c4ccccc4c(-c4cccc(-c5ccc6ccc7cccc8ccc5c6c78)c4)c4ccccc34)ccc3ccccc23)cc1. The van der Waals surface area contributed by atoms with Gasteiger partial charge >= 0.3 is 0 Å². The van der Waals surface area contributed by atoms with E-state index >= 15 is 0 Å². The molecular weight excluding hydrogens is 625 g/mol. The summed E-state index contributed by atoms with van der Waals surface area (Å²) in [7, 11) is 0. The van der Waals surface area contributed by atoms with E-state index in [4.69, 9.17) is 0 Å². The van der Waals surface area contributed by atoms with Crippen molar-refractivity contribution in [1.29, 1.82) is 0 Å². The number of benzene rings is 11. The molecule has 0 N–H and O–H groups in total. The van der Waals surface area contributed by atoms with Crippen LogP contribution in [-0.4, -0.2) is 0 Å². The first-order chi connectivity index (χ1) is 25.8. The summed E-state index contributed by atoms with van der Waals surface area (Å²) >= 11 is 0. The molecule has 0 aliphatic rings. The zero-order valence-corrected chi connectivity index (χ0v) is 28.5. The highest BCUT2D eigenvalue weighted by molar-refractivity contribution is 6.26. The summed E-state index contributed by atoms with van der Waals surface area (Å²) in [6, 6.07) is 71.9. The Labute approximate surface area is 302 Å². The molecule has 0 bridgehead atoms. The van der Waals surface area contributed by atoms with Crippen LogP contribution in [0.15, 0.2) is 194 Å². The summed E-state index contributed by atoms with van der Waals surface area (Å²) in [6.45, 7) is 0. The number of hydrogen-bond acceptors (Lipinski definition) is 0. The van der Waals surface area contributed by atoms with Gasteiger partial charge in [0.05, 0.1) is 0 Å². The molecule has 0 heterocycles. The van der Waals surface area contributed by atoms with Crippen LogP contribution in [0.25, 0.3) is 109 Å². The van der Waals surface area contributed by atoms with Gasteiger partial charge < -0.3 is 0 Å². The Bertz CT molecular complexity index is 3090. The molecule has 52 heavy (non-hydrogen) atoms. The summed E-state index contributed by atoms with van der Waals surface area (Å²) in [5.74, 6) is 0. The lowest BCUT2D eigenvalue weighted by Crippen LogP contribution is -1.94. The van der Waals surface area contributed by atoms with Crippen LogP contribution in [0.3, 0.4) is 0 Å². The molecule has 0 atom stereocenters. The fraction of sp³-hybridized carbons (Fsp3) is 0. The molecule has 0 radical (unpaired) electrons. The second-order valence-corrected chi connectivity index (χ2v) is 14.0. The van der Waals surface area contributed by atoms with Gasteiger partial charge in [-0.1, -0.05) is 188 Å². The Morgan fingerprint density at radius 2 is 0.692 bits per heavy atom. The quantitative estimate of drug-likeness (QED) is 0.131. The highest BCUT2D eigenvalue weighted by Crippen LogP contribution is 2.48. The Kier molecular flexibility index (Phi) is 6.35. The van der Waals surface area contributed by atoms with Crippen molar-refractivity contribution < 1.29 is 0 Å². The van der Waals surface area contributed by atoms with Gasteiger partial charge in [0, 0.05) is 0 Å². The minimum Gasteiger partial charge on any atom is -0.0622 e. The molecular formula is C52H32. The monoisotopic (exact) mass is 656 g/mol. The minimum atomic E-state index is 1.23. The molecule has 0 aliphatic carbocycles. The van der Waals surface area contributed by atoms with Gasteiger partial charge in [-0.2, -0.15) is 0 Å². The smallest absolute Gasteiger partial charge is 0.00199 e. The first-order valence-electron chi connectivity index (χ1n) is 18.1. The summed E-state index contributed by atoms with van der Waals surface area (Å²) in [4.78, 5) is 0. The minimum absolute atomic E-state index is 1.23. The maximum Gasteiger partial charge on any atom is -0.00199 e. The second kappa shape index (κ2) is 11.4. The number of hydrogen-bond donors (Lipinski definition) is 0. The third-order valence-corrected chi connectivity index (χ3v) is 11.2. The van der Waals surface area contributed by atoms with Crippen LogP contribution in [0.2, 0.25) is 0 Å². The summed E-state index contributed by atoms with van der Waals surface area (Å²) < 4.78 is 0. The Morgan fingerprint density at radius 3 is 1.42 bits per heavy atom. The van der Waals surface area contributed by atoms with E-state index in [-0.39, 0.29) is 0 Å². The molecule has 11 aromatic carbocycles. The standard InChI is InChI=1S/C52H32/c1-2-13-34(14-3-1)49-41-19-5-4-12-33(41)26-31-47(49)52-44-22-8-6-20-42(44)50(43-21-7-9-23-45(43)52)39-18-11-17-38(32-39)40-29-27-37-25-24-35-15-10-16-36-28-30-46(40)51(37)48(35)36/h1-32H. The van der Waals surface area contributed by atoms with Gasteiger partial charge in [0.15, 0.2) is 0 Å². The van der Waals surface area contributed by atoms with Crippen molar-refractivity contribution in [1.82, 2.24) is 0 Å². The van der Waals surface area contributed by atoms with Crippen LogP contribution < -0.4 is 0 Å². The van der Waals surface area contributed by atoms with Crippen LogP contribution in [0.5, 0.6) is 0 Å². The van der Waals surface area contributed by atoms with E-state index in [0.717, 1.165) is 0 Å². The maximum absolute atomic E-state index is 2.41. The molecule has 0 saturated heterocycles. The van der Waals surface area contributed by atoms with Gasteiger partial charge in [0.2, 0.25) is 0 Å². The Morgan fingerprint density at radius 1 is 0.212 bits per heavy atom. The van der Waals surface area contributed by atoms with Crippen LogP contribution in [-0.2, 0) is 0 Å². The average Bonchev–Trinajstić information content (AvgIpc) is 3.22. The first kappa shape index (κ1) is 29.0. The van der Waals surface area contributed by atoms with Crippen LogP contribution in [0, 0.1) is 0 Å². The molecule has 0 fully saturated rings. The van der Waals surface area contributed by atoms with Gasteiger partial charge in [0.1, 0.15) is 0 Å². The number of fused-ring (bicyclic) bond motifs is 3. The van der Waals surface area contributed by atoms with Gasteiger partial charge in [-0.05, 0) is 115 Å². The fourth-order valence-electron chi connectivity index (χ4n) is 8.95. The zero-order valence-electron chi connectivity index (χ0n) is 28.5. The third kappa shape index (κ3) is 4.28. The lowest BCUT2D eigenvalue weighted by Gasteiger charge is -2.21. The maximum atomic E-state index is 2.41. The zero-order chi connectivity index (χ0) is 34.2.